The Morgan fingerprint density at radius 3 is 2.57 bits per heavy atom. The van der Waals surface area contributed by atoms with Crippen molar-refractivity contribution < 1.29 is 17.9 Å². The topological polar surface area (TPSA) is 90.9 Å². The van der Waals surface area contributed by atoms with Crippen LogP contribution in [0.1, 0.15) is 55.1 Å². The number of tetrazole rings is 1. The molecule has 1 aliphatic carbocycles. The molecule has 2 heterocycles. The predicted octanol–water partition coefficient (Wildman–Crippen LogP) is 4.22. The van der Waals surface area contributed by atoms with Crippen molar-refractivity contribution in [2.24, 2.45) is 11.7 Å². The van der Waals surface area contributed by atoms with E-state index in [-0.39, 0.29) is 29.8 Å². The molecular weight excluding hydrogens is 457 g/mol. The third kappa shape index (κ3) is 5.33. The van der Waals surface area contributed by atoms with E-state index in [1.807, 2.05) is 18.2 Å². The zero-order chi connectivity index (χ0) is 24.4. The largest absolute Gasteiger partial charge is 0.490 e. The molecule has 0 bridgehead atoms. The summed E-state index contributed by atoms with van der Waals surface area (Å²) in [5, 5.41) is 13.6. The van der Waals surface area contributed by atoms with E-state index in [1.54, 1.807) is 18.2 Å². The summed E-state index contributed by atoms with van der Waals surface area (Å²) < 4.78 is 47.2. The molecule has 1 saturated heterocycles. The molecule has 1 aromatic heterocycles. The molecule has 186 valence electrons. The third-order valence-corrected chi connectivity index (χ3v) is 6.93. The van der Waals surface area contributed by atoms with Crippen molar-refractivity contribution in [3.05, 3.63) is 65.5 Å². The second-order valence-electron chi connectivity index (χ2n) is 9.49. The zero-order valence-electron chi connectivity index (χ0n) is 19.3. The Hall–Kier alpha value is -2.98. The molecule has 10 heteroatoms. The number of piperidine rings is 1. The van der Waals surface area contributed by atoms with E-state index in [9.17, 15) is 13.2 Å². The van der Waals surface area contributed by atoms with Crippen LogP contribution in [0.5, 0.6) is 5.75 Å². The van der Waals surface area contributed by atoms with Crippen LogP contribution in [-0.4, -0.2) is 38.9 Å². The fourth-order valence-electron chi connectivity index (χ4n) is 5.24. The van der Waals surface area contributed by atoms with E-state index in [0.29, 0.717) is 12.2 Å². The second kappa shape index (κ2) is 9.94. The van der Waals surface area contributed by atoms with Gasteiger partial charge in [0, 0.05) is 12.1 Å². The normalized spacial score (nSPS) is 23.5. The molecule has 7 nitrogen and oxygen atoms in total. The predicted molar refractivity (Wildman–Crippen MR) is 124 cm³/mol. The number of halogens is 3. The van der Waals surface area contributed by atoms with E-state index in [1.165, 1.54) is 0 Å². The van der Waals surface area contributed by atoms with Gasteiger partial charge in [-0.15, -0.1) is 5.10 Å². The molecule has 1 saturated carbocycles. The maximum Gasteiger partial charge on any atom is 0.453 e. The van der Waals surface area contributed by atoms with Gasteiger partial charge in [0.2, 0.25) is 0 Å². The van der Waals surface area contributed by atoms with Crippen LogP contribution in [0.25, 0.3) is 5.69 Å². The first kappa shape index (κ1) is 23.7. The molecule has 0 amide bonds. The van der Waals surface area contributed by atoms with Crippen LogP contribution >= 0.6 is 0 Å². The molecule has 35 heavy (non-hydrogen) atoms. The molecule has 3 atom stereocenters. The minimum Gasteiger partial charge on any atom is -0.490 e. The Kier molecular flexibility index (Phi) is 6.75. The molecule has 1 unspecified atom stereocenters. The van der Waals surface area contributed by atoms with Gasteiger partial charge in [0.15, 0.2) is 0 Å². The SMILES string of the molecule is N[C@H]1CC(Cc2cc(-n3nnnc3C(F)(F)F)ccc2OC2CCCC2)CN[C@H]1c1ccccc1. The summed E-state index contributed by atoms with van der Waals surface area (Å²) in [4.78, 5) is 0. The first-order chi connectivity index (χ1) is 16.9. The van der Waals surface area contributed by atoms with Crippen molar-refractivity contribution >= 4 is 0 Å². The smallest absolute Gasteiger partial charge is 0.453 e. The molecule has 2 aliphatic rings. The highest BCUT2D eigenvalue weighted by Gasteiger charge is 2.38. The lowest BCUT2D eigenvalue weighted by atomic mass is 9.84. The van der Waals surface area contributed by atoms with Gasteiger partial charge in [-0.05, 0) is 90.7 Å². The Bertz CT molecular complexity index is 1130. The average Bonchev–Trinajstić information content (AvgIpc) is 3.53. The Morgan fingerprint density at radius 1 is 1.09 bits per heavy atom. The summed E-state index contributed by atoms with van der Waals surface area (Å²) in [5.41, 5.74) is 8.81. The summed E-state index contributed by atoms with van der Waals surface area (Å²) in [6, 6.07) is 15.2. The minimum absolute atomic E-state index is 0.0727. The van der Waals surface area contributed by atoms with Gasteiger partial charge >= 0.3 is 6.18 Å². The summed E-state index contributed by atoms with van der Waals surface area (Å²) >= 11 is 0. The zero-order valence-corrected chi connectivity index (χ0v) is 19.3. The van der Waals surface area contributed by atoms with Crippen molar-refractivity contribution in [3.63, 3.8) is 0 Å². The molecular formula is C25H29F3N6O. The number of hydrogen-bond acceptors (Lipinski definition) is 6. The Balaban J connectivity index is 1.39. The highest BCUT2D eigenvalue weighted by molar-refractivity contribution is 5.45. The van der Waals surface area contributed by atoms with Crippen molar-refractivity contribution in [2.75, 3.05) is 6.54 Å². The molecule has 1 aliphatic heterocycles. The minimum atomic E-state index is -4.66. The number of nitrogens with zero attached hydrogens (tertiary/aromatic N) is 4. The van der Waals surface area contributed by atoms with Gasteiger partial charge in [0.1, 0.15) is 5.75 Å². The van der Waals surface area contributed by atoms with Gasteiger partial charge in [-0.25, -0.2) is 0 Å². The summed E-state index contributed by atoms with van der Waals surface area (Å²) in [5.74, 6) is -0.233. The summed E-state index contributed by atoms with van der Waals surface area (Å²) in [7, 11) is 0. The lowest BCUT2D eigenvalue weighted by Crippen LogP contribution is -2.47. The van der Waals surface area contributed by atoms with Gasteiger partial charge in [-0.3, -0.25) is 0 Å². The summed E-state index contributed by atoms with van der Waals surface area (Å²) in [6.07, 6.45) is 1.12. The molecule has 3 aromatic rings. The standard InChI is InChI=1S/C25H29F3N6O/c26-25(27,28)24-31-32-33-34(24)19-10-11-22(35-20-8-4-5-9-20)18(14-19)12-16-13-21(29)23(30-15-16)17-6-2-1-3-7-17/h1-3,6-7,10-11,14,16,20-21,23,30H,4-5,8-9,12-13,15,29H2/t16?,21-,23-/m0/s1. The van der Waals surface area contributed by atoms with Crippen molar-refractivity contribution in [3.8, 4) is 11.4 Å². The van der Waals surface area contributed by atoms with Crippen molar-refractivity contribution in [2.45, 2.75) is 62.9 Å². The number of hydrogen-bond donors (Lipinski definition) is 2. The number of alkyl halides is 3. The van der Waals surface area contributed by atoms with E-state index < -0.39 is 12.0 Å². The van der Waals surface area contributed by atoms with E-state index in [0.717, 1.165) is 54.5 Å². The maximum atomic E-state index is 13.4. The van der Waals surface area contributed by atoms with Gasteiger partial charge < -0.3 is 15.8 Å². The van der Waals surface area contributed by atoms with Crippen LogP contribution in [0.15, 0.2) is 48.5 Å². The fourth-order valence-corrected chi connectivity index (χ4v) is 5.24. The first-order valence-electron chi connectivity index (χ1n) is 12.1. The number of nitrogens with two attached hydrogens (primary N) is 1. The number of aromatic nitrogens is 4. The van der Waals surface area contributed by atoms with Crippen LogP contribution in [0.3, 0.4) is 0 Å². The van der Waals surface area contributed by atoms with Crippen LogP contribution in [0, 0.1) is 5.92 Å². The molecule has 3 N–H and O–H groups in total. The highest BCUT2D eigenvalue weighted by atomic mass is 19.4. The quantitative estimate of drug-likeness (QED) is 0.542. The van der Waals surface area contributed by atoms with Crippen LogP contribution in [0.2, 0.25) is 0 Å². The average molecular weight is 487 g/mol. The number of rotatable bonds is 6. The Morgan fingerprint density at radius 2 is 1.86 bits per heavy atom. The number of ether oxygens (including phenoxy) is 1. The highest BCUT2D eigenvalue weighted by Crippen LogP contribution is 2.34. The maximum absolute atomic E-state index is 13.4. The van der Waals surface area contributed by atoms with Crippen molar-refractivity contribution in [1.82, 2.24) is 25.5 Å². The fraction of sp³-hybridized carbons (Fsp3) is 0.480. The molecule has 5 rings (SSSR count). The van der Waals surface area contributed by atoms with Gasteiger partial charge in [-0.1, -0.05) is 30.3 Å². The van der Waals surface area contributed by atoms with E-state index in [4.69, 9.17) is 10.5 Å². The number of benzene rings is 2. The van der Waals surface area contributed by atoms with Crippen LogP contribution < -0.4 is 15.8 Å². The van der Waals surface area contributed by atoms with Crippen LogP contribution in [-0.2, 0) is 12.6 Å². The molecule has 2 aromatic carbocycles. The van der Waals surface area contributed by atoms with E-state index >= 15 is 0 Å². The molecule has 2 fully saturated rings. The monoisotopic (exact) mass is 486 g/mol. The van der Waals surface area contributed by atoms with Gasteiger partial charge in [-0.2, -0.15) is 17.9 Å². The molecule has 0 spiro atoms. The van der Waals surface area contributed by atoms with E-state index in [2.05, 4.69) is 33.0 Å². The third-order valence-electron chi connectivity index (χ3n) is 6.93. The lowest BCUT2D eigenvalue weighted by molar-refractivity contribution is -0.146. The lowest BCUT2D eigenvalue weighted by Gasteiger charge is -2.36. The van der Waals surface area contributed by atoms with Gasteiger partial charge in [0.25, 0.3) is 5.82 Å². The Labute approximate surface area is 201 Å². The van der Waals surface area contributed by atoms with Crippen LogP contribution in [0.4, 0.5) is 13.2 Å². The summed E-state index contributed by atoms with van der Waals surface area (Å²) in [6.45, 7) is 0.749. The number of nitrogens with one attached hydrogen (secondary N) is 1. The second-order valence-corrected chi connectivity index (χ2v) is 9.49. The van der Waals surface area contributed by atoms with Crippen molar-refractivity contribution in [1.29, 1.82) is 0 Å². The van der Waals surface area contributed by atoms with Gasteiger partial charge in [0.05, 0.1) is 11.8 Å². The molecule has 0 radical (unpaired) electrons. The first-order valence-corrected chi connectivity index (χ1v) is 12.1.